The molecule has 0 radical (unpaired) electrons. The third-order valence-corrected chi connectivity index (χ3v) is 5.54. The summed E-state index contributed by atoms with van der Waals surface area (Å²) >= 11 is 6.32. The smallest absolute Gasteiger partial charge is 0.335 e. The third kappa shape index (κ3) is 5.04. The van der Waals surface area contributed by atoms with E-state index in [0.717, 1.165) is 4.90 Å². The number of ether oxygens (including phenoxy) is 1. The molecule has 3 aromatic carbocycles. The fourth-order valence-corrected chi connectivity index (χ4v) is 3.75. The molecule has 1 saturated heterocycles. The molecule has 4 rings (SSSR count). The molecule has 1 fully saturated rings. The second kappa shape index (κ2) is 9.78. The maximum atomic E-state index is 13.1. The summed E-state index contributed by atoms with van der Waals surface area (Å²) in [7, 11) is 0. The van der Waals surface area contributed by atoms with E-state index in [1.54, 1.807) is 55.5 Å². The van der Waals surface area contributed by atoms with Crippen molar-refractivity contribution in [3.63, 3.8) is 0 Å². The first-order valence-electron chi connectivity index (χ1n) is 10.4. The number of barbiturate groups is 1. The highest BCUT2D eigenvalue weighted by Crippen LogP contribution is 2.29. The standard InChI is InChI=1S/C25H18ClN3O6/c1-15-5-2-3-8-21(15)28-24(31)19(23(30)27-25(28)32)12-16-9-10-22(20(26)13-16)35-14-17-6-4-7-18(11-17)29(33)34/h2-13H,14H2,1H3,(H,27,30,32)/b19-12+. The Bertz CT molecular complexity index is 1400. The van der Waals surface area contributed by atoms with Crippen LogP contribution in [0.1, 0.15) is 16.7 Å². The predicted molar refractivity (Wildman–Crippen MR) is 129 cm³/mol. The number of halogens is 1. The molecule has 0 saturated carbocycles. The lowest BCUT2D eigenvalue weighted by atomic mass is 10.1. The van der Waals surface area contributed by atoms with Gasteiger partial charge in [-0.2, -0.15) is 0 Å². The van der Waals surface area contributed by atoms with Gasteiger partial charge in [-0.15, -0.1) is 0 Å². The van der Waals surface area contributed by atoms with Crippen LogP contribution in [0.25, 0.3) is 6.08 Å². The van der Waals surface area contributed by atoms with Gasteiger partial charge in [-0.05, 0) is 47.9 Å². The summed E-state index contributed by atoms with van der Waals surface area (Å²) in [6, 6.07) is 16.7. The normalized spacial score (nSPS) is 14.7. The molecule has 1 N–H and O–H groups in total. The summed E-state index contributed by atoms with van der Waals surface area (Å²) in [5.74, 6) is -1.25. The number of non-ortho nitro benzene ring substituents is 1. The molecule has 0 unspecified atom stereocenters. The average Bonchev–Trinajstić information content (AvgIpc) is 2.82. The molecule has 10 heteroatoms. The number of para-hydroxylation sites is 1. The zero-order valence-electron chi connectivity index (χ0n) is 18.4. The highest BCUT2D eigenvalue weighted by atomic mass is 35.5. The number of nitrogens with one attached hydrogen (secondary N) is 1. The molecule has 35 heavy (non-hydrogen) atoms. The first-order chi connectivity index (χ1) is 16.7. The Labute approximate surface area is 204 Å². The molecule has 9 nitrogen and oxygen atoms in total. The van der Waals surface area contributed by atoms with Crippen LogP contribution in [0.15, 0.2) is 72.3 Å². The number of nitro groups is 1. The van der Waals surface area contributed by atoms with E-state index in [4.69, 9.17) is 16.3 Å². The molecule has 0 spiro atoms. The summed E-state index contributed by atoms with van der Waals surface area (Å²) in [5.41, 5.74) is 1.82. The van der Waals surface area contributed by atoms with E-state index in [0.29, 0.717) is 28.1 Å². The van der Waals surface area contributed by atoms with Gasteiger partial charge >= 0.3 is 6.03 Å². The van der Waals surface area contributed by atoms with E-state index in [9.17, 15) is 24.5 Å². The predicted octanol–water partition coefficient (Wildman–Crippen LogP) is 4.80. The van der Waals surface area contributed by atoms with Crippen LogP contribution < -0.4 is 15.0 Å². The Morgan fingerprint density at radius 3 is 2.54 bits per heavy atom. The first-order valence-corrected chi connectivity index (χ1v) is 10.7. The number of nitrogens with zero attached hydrogens (tertiary/aromatic N) is 2. The molecule has 0 atom stereocenters. The van der Waals surface area contributed by atoms with Gasteiger partial charge in [0.15, 0.2) is 0 Å². The van der Waals surface area contributed by atoms with Gasteiger partial charge in [0.1, 0.15) is 17.9 Å². The average molecular weight is 492 g/mol. The lowest BCUT2D eigenvalue weighted by Gasteiger charge is -2.27. The molecule has 0 aliphatic carbocycles. The Balaban J connectivity index is 1.55. The number of hydrogen-bond donors (Lipinski definition) is 1. The molecule has 3 aromatic rings. The van der Waals surface area contributed by atoms with E-state index in [1.807, 2.05) is 0 Å². The van der Waals surface area contributed by atoms with Crippen molar-refractivity contribution >= 4 is 46.9 Å². The summed E-state index contributed by atoms with van der Waals surface area (Å²) < 4.78 is 5.67. The number of imide groups is 2. The molecule has 4 amide bonds. The fraction of sp³-hybridized carbons (Fsp3) is 0.0800. The van der Waals surface area contributed by atoms with Gasteiger partial charge in [0.25, 0.3) is 17.5 Å². The fourth-order valence-electron chi connectivity index (χ4n) is 3.50. The van der Waals surface area contributed by atoms with Crippen molar-refractivity contribution in [3.8, 4) is 5.75 Å². The number of anilines is 1. The third-order valence-electron chi connectivity index (χ3n) is 5.24. The highest BCUT2D eigenvalue weighted by Gasteiger charge is 2.37. The maximum absolute atomic E-state index is 13.1. The van der Waals surface area contributed by atoms with Crippen molar-refractivity contribution in [1.82, 2.24) is 5.32 Å². The Morgan fingerprint density at radius 1 is 1.06 bits per heavy atom. The van der Waals surface area contributed by atoms with E-state index in [1.165, 1.54) is 24.3 Å². The number of hydrogen-bond acceptors (Lipinski definition) is 6. The summed E-state index contributed by atoms with van der Waals surface area (Å²) in [4.78, 5) is 49.2. The van der Waals surface area contributed by atoms with Crippen molar-refractivity contribution in [2.45, 2.75) is 13.5 Å². The van der Waals surface area contributed by atoms with Crippen LogP contribution in [0.3, 0.4) is 0 Å². The van der Waals surface area contributed by atoms with E-state index in [-0.39, 0.29) is 22.9 Å². The minimum Gasteiger partial charge on any atom is -0.487 e. The SMILES string of the molecule is Cc1ccccc1N1C(=O)NC(=O)/C(=C\c2ccc(OCc3cccc([N+](=O)[O-])c3)c(Cl)c2)C1=O. The van der Waals surface area contributed by atoms with Crippen LogP contribution in [-0.4, -0.2) is 22.8 Å². The zero-order chi connectivity index (χ0) is 25.1. The van der Waals surface area contributed by atoms with Gasteiger partial charge < -0.3 is 4.74 Å². The molecule has 1 aliphatic rings. The molecular formula is C25H18ClN3O6. The number of carbonyl (C=O) groups is 3. The molecule has 0 aromatic heterocycles. The van der Waals surface area contributed by atoms with E-state index in [2.05, 4.69) is 5.32 Å². The van der Waals surface area contributed by atoms with E-state index >= 15 is 0 Å². The first kappa shape index (κ1) is 23.7. The number of amides is 4. The van der Waals surface area contributed by atoms with Crippen molar-refractivity contribution < 1.29 is 24.0 Å². The number of aryl methyl sites for hydroxylation is 1. The van der Waals surface area contributed by atoms with Gasteiger partial charge in [0, 0.05) is 12.1 Å². The highest BCUT2D eigenvalue weighted by molar-refractivity contribution is 6.39. The number of urea groups is 1. The molecule has 0 bridgehead atoms. The van der Waals surface area contributed by atoms with Crippen molar-refractivity contribution in [1.29, 1.82) is 0 Å². The van der Waals surface area contributed by atoms with Gasteiger partial charge in [-0.1, -0.05) is 48.0 Å². The summed E-state index contributed by atoms with van der Waals surface area (Å²) in [6.07, 6.45) is 1.34. The quantitative estimate of drug-likeness (QED) is 0.229. The number of benzene rings is 3. The maximum Gasteiger partial charge on any atom is 0.335 e. The van der Waals surface area contributed by atoms with Crippen LogP contribution >= 0.6 is 11.6 Å². The number of carbonyl (C=O) groups excluding carboxylic acids is 3. The van der Waals surface area contributed by atoms with Crippen LogP contribution in [0, 0.1) is 17.0 Å². The number of nitro benzene ring substituents is 1. The van der Waals surface area contributed by atoms with E-state index < -0.39 is 22.8 Å². The molecule has 176 valence electrons. The van der Waals surface area contributed by atoms with Crippen molar-refractivity contribution in [3.05, 3.63) is 104 Å². The topological polar surface area (TPSA) is 119 Å². The minimum atomic E-state index is -0.825. The molecule has 1 aliphatic heterocycles. The second-order valence-corrected chi connectivity index (χ2v) is 8.06. The van der Waals surface area contributed by atoms with Crippen LogP contribution in [0.5, 0.6) is 5.75 Å². The van der Waals surface area contributed by atoms with Crippen molar-refractivity contribution in [2.24, 2.45) is 0 Å². The second-order valence-electron chi connectivity index (χ2n) is 7.65. The summed E-state index contributed by atoms with van der Waals surface area (Å²) in [6.45, 7) is 1.80. The van der Waals surface area contributed by atoms with Gasteiger partial charge in [-0.25, -0.2) is 9.69 Å². The van der Waals surface area contributed by atoms with Gasteiger partial charge in [0.2, 0.25) is 0 Å². The monoisotopic (exact) mass is 491 g/mol. The Kier molecular flexibility index (Phi) is 6.61. The zero-order valence-corrected chi connectivity index (χ0v) is 19.1. The van der Waals surface area contributed by atoms with Crippen LogP contribution in [0.4, 0.5) is 16.2 Å². The van der Waals surface area contributed by atoms with Crippen LogP contribution in [-0.2, 0) is 16.2 Å². The minimum absolute atomic E-state index is 0.0483. The molecule has 1 heterocycles. The van der Waals surface area contributed by atoms with Gasteiger partial charge in [0.05, 0.1) is 15.6 Å². The summed E-state index contributed by atoms with van der Waals surface area (Å²) in [5, 5.41) is 13.3. The van der Waals surface area contributed by atoms with Crippen LogP contribution in [0.2, 0.25) is 5.02 Å². The Hall–Kier alpha value is -4.50. The Morgan fingerprint density at radius 2 is 1.83 bits per heavy atom. The number of rotatable bonds is 6. The lowest BCUT2D eigenvalue weighted by molar-refractivity contribution is -0.384. The van der Waals surface area contributed by atoms with Gasteiger partial charge in [-0.3, -0.25) is 25.0 Å². The molecular weight excluding hydrogens is 474 g/mol. The largest absolute Gasteiger partial charge is 0.487 e. The van der Waals surface area contributed by atoms with Crippen molar-refractivity contribution in [2.75, 3.05) is 4.90 Å². The lowest BCUT2D eigenvalue weighted by Crippen LogP contribution is -2.54.